The zero-order valence-electron chi connectivity index (χ0n) is 12.6. The fourth-order valence-corrected chi connectivity index (χ4v) is 5.37. The van der Waals surface area contributed by atoms with E-state index in [4.69, 9.17) is 0 Å². The van der Waals surface area contributed by atoms with Gasteiger partial charge in [0, 0.05) is 27.5 Å². The topological polar surface area (TPSA) is 58.2 Å². The lowest BCUT2D eigenvalue weighted by molar-refractivity contribution is 0.555. The summed E-state index contributed by atoms with van der Waals surface area (Å²) in [6.45, 7) is 7.26. The van der Waals surface area contributed by atoms with Crippen molar-refractivity contribution in [1.29, 1.82) is 0 Å². The van der Waals surface area contributed by atoms with Gasteiger partial charge in [0.1, 0.15) is 4.90 Å². The summed E-state index contributed by atoms with van der Waals surface area (Å²) < 4.78 is 29.2. The van der Waals surface area contributed by atoms with Gasteiger partial charge in [-0.2, -0.15) is 0 Å². The average molecular weight is 326 g/mol. The van der Waals surface area contributed by atoms with E-state index >= 15 is 0 Å². The van der Waals surface area contributed by atoms with E-state index in [2.05, 4.69) is 10.0 Å². The zero-order chi connectivity index (χ0) is 15.5. The molecule has 0 fully saturated rings. The van der Waals surface area contributed by atoms with Gasteiger partial charge in [-0.05, 0) is 26.0 Å². The van der Waals surface area contributed by atoms with E-state index < -0.39 is 10.0 Å². The van der Waals surface area contributed by atoms with Crippen LogP contribution in [0.3, 0.4) is 0 Å². The maximum Gasteiger partial charge on any atom is 0.242 e. The van der Waals surface area contributed by atoms with Crippen molar-refractivity contribution >= 4 is 31.4 Å². The molecule has 0 saturated heterocycles. The summed E-state index contributed by atoms with van der Waals surface area (Å²) in [6.07, 6.45) is 0.768. The molecule has 0 amide bonds. The SMILES string of the molecule is CCNCc1sc2ccccc2c1S(=O)(=O)NC(C)CC. The fraction of sp³-hybridized carbons (Fsp3) is 0.467. The Balaban J connectivity index is 2.53. The summed E-state index contributed by atoms with van der Waals surface area (Å²) in [7, 11) is -3.50. The van der Waals surface area contributed by atoms with Gasteiger partial charge in [0.25, 0.3) is 0 Å². The lowest BCUT2D eigenvalue weighted by Gasteiger charge is -2.13. The summed E-state index contributed by atoms with van der Waals surface area (Å²) in [4.78, 5) is 1.30. The molecule has 4 nitrogen and oxygen atoms in total. The van der Waals surface area contributed by atoms with Crippen LogP contribution in [0.15, 0.2) is 29.2 Å². The van der Waals surface area contributed by atoms with Crippen LogP contribution in [0.25, 0.3) is 10.1 Å². The Bertz CT molecular complexity index is 708. The minimum atomic E-state index is -3.50. The van der Waals surface area contributed by atoms with Crippen molar-refractivity contribution in [2.45, 2.75) is 44.7 Å². The Labute approximate surface area is 130 Å². The molecule has 0 spiro atoms. The lowest BCUT2D eigenvalue weighted by atomic mass is 10.2. The molecule has 1 unspecified atom stereocenters. The molecule has 1 atom stereocenters. The second-order valence-electron chi connectivity index (χ2n) is 5.06. The number of rotatable bonds is 7. The van der Waals surface area contributed by atoms with Gasteiger partial charge in [-0.25, -0.2) is 13.1 Å². The predicted octanol–water partition coefficient (Wildman–Crippen LogP) is 3.09. The maximum absolute atomic E-state index is 12.7. The largest absolute Gasteiger partial charge is 0.312 e. The first-order valence-electron chi connectivity index (χ1n) is 7.23. The Morgan fingerprint density at radius 3 is 2.62 bits per heavy atom. The van der Waals surface area contributed by atoms with Gasteiger partial charge in [-0.3, -0.25) is 0 Å². The molecular weight excluding hydrogens is 304 g/mol. The molecular formula is C15H22N2O2S2. The highest BCUT2D eigenvalue weighted by molar-refractivity contribution is 7.90. The van der Waals surface area contributed by atoms with Crippen LogP contribution in [-0.2, 0) is 16.6 Å². The van der Waals surface area contributed by atoms with E-state index in [1.54, 1.807) is 11.3 Å². The first-order chi connectivity index (χ1) is 9.99. The minimum absolute atomic E-state index is 0.0688. The zero-order valence-corrected chi connectivity index (χ0v) is 14.3. The van der Waals surface area contributed by atoms with Crippen molar-refractivity contribution in [3.63, 3.8) is 0 Å². The summed E-state index contributed by atoms with van der Waals surface area (Å²) >= 11 is 1.54. The second kappa shape index (κ2) is 6.87. The molecule has 0 bridgehead atoms. The van der Waals surface area contributed by atoms with E-state index in [0.717, 1.165) is 27.9 Å². The first kappa shape index (κ1) is 16.4. The second-order valence-corrected chi connectivity index (χ2v) is 7.85. The van der Waals surface area contributed by atoms with Gasteiger partial charge in [0.2, 0.25) is 10.0 Å². The molecule has 0 aliphatic carbocycles. The van der Waals surface area contributed by atoms with Gasteiger partial charge in [-0.15, -0.1) is 11.3 Å². The highest BCUT2D eigenvalue weighted by Gasteiger charge is 2.25. The molecule has 1 aromatic carbocycles. The lowest BCUT2D eigenvalue weighted by Crippen LogP contribution is -2.32. The van der Waals surface area contributed by atoms with Gasteiger partial charge in [0.05, 0.1) is 0 Å². The molecule has 0 aliphatic heterocycles. The summed E-state index contributed by atoms with van der Waals surface area (Å²) in [6, 6.07) is 7.60. The van der Waals surface area contributed by atoms with Crippen LogP contribution in [0.2, 0.25) is 0 Å². The van der Waals surface area contributed by atoms with Crippen LogP contribution >= 0.6 is 11.3 Å². The van der Waals surface area contributed by atoms with E-state index in [9.17, 15) is 8.42 Å². The molecule has 0 saturated carbocycles. The third-order valence-electron chi connectivity index (χ3n) is 3.39. The molecule has 6 heteroatoms. The van der Waals surface area contributed by atoms with Gasteiger partial charge >= 0.3 is 0 Å². The molecule has 116 valence electrons. The molecule has 21 heavy (non-hydrogen) atoms. The fourth-order valence-electron chi connectivity index (χ4n) is 2.13. The molecule has 0 aliphatic rings. The molecule has 2 aromatic rings. The van der Waals surface area contributed by atoms with Crippen molar-refractivity contribution in [2.75, 3.05) is 6.54 Å². The average Bonchev–Trinajstić information content (AvgIpc) is 2.83. The van der Waals surface area contributed by atoms with E-state index in [-0.39, 0.29) is 6.04 Å². The highest BCUT2D eigenvalue weighted by atomic mass is 32.2. The van der Waals surface area contributed by atoms with Crippen molar-refractivity contribution in [3.8, 4) is 0 Å². The van der Waals surface area contributed by atoms with Crippen LogP contribution in [-0.4, -0.2) is 21.0 Å². The Kier molecular flexibility index (Phi) is 5.37. The maximum atomic E-state index is 12.7. The number of benzene rings is 1. The smallest absolute Gasteiger partial charge is 0.242 e. The van der Waals surface area contributed by atoms with Crippen LogP contribution in [0.4, 0.5) is 0 Å². The number of hydrogen-bond donors (Lipinski definition) is 2. The monoisotopic (exact) mass is 326 g/mol. The number of sulfonamides is 1. The first-order valence-corrected chi connectivity index (χ1v) is 9.53. The van der Waals surface area contributed by atoms with Crippen LogP contribution in [0.1, 0.15) is 32.1 Å². The van der Waals surface area contributed by atoms with E-state index in [0.29, 0.717) is 11.4 Å². The number of hydrogen-bond acceptors (Lipinski definition) is 4. The van der Waals surface area contributed by atoms with Gasteiger partial charge < -0.3 is 5.32 Å². The van der Waals surface area contributed by atoms with Crippen molar-refractivity contribution in [3.05, 3.63) is 29.1 Å². The quantitative estimate of drug-likeness (QED) is 0.822. The Hall–Kier alpha value is -0.950. The summed E-state index contributed by atoms with van der Waals surface area (Å²) in [5.41, 5.74) is 0. The van der Waals surface area contributed by atoms with E-state index in [1.165, 1.54) is 0 Å². The van der Waals surface area contributed by atoms with Gasteiger partial charge in [0.15, 0.2) is 0 Å². The van der Waals surface area contributed by atoms with Crippen LogP contribution < -0.4 is 10.0 Å². The Morgan fingerprint density at radius 2 is 1.95 bits per heavy atom. The molecule has 1 aromatic heterocycles. The van der Waals surface area contributed by atoms with Crippen LogP contribution in [0, 0.1) is 0 Å². The number of fused-ring (bicyclic) bond motifs is 1. The standard InChI is InChI=1S/C15H22N2O2S2/c1-4-11(3)17-21(18,19)15-12-8-6-7-9-13(12)20-14(15)10-16-5-2/h6-9,11,16-17H,4-5,10H2,1-3H3. The summed E-state index contributed by atoms with van der Waals surface area (Å²) in [5, 5.41) is 4.03. The molecule has 2 N–H and O–H groups in total. The molecule has 1 heterocycles. The van der Waals surface area contributed by atoms with Crippen LogP contribution in [0.5, 0.6) is 0 Å². The third kappa shape index (κ3) is 3.63. The van der Waals surface area contributed by atoms with Gasteiger partial charge in [-0.1, -0.05) is 32.0 Å². The number of nitrogens with one attached hydrogen (secondary N) is 2. The third-order valence-corrected chi connectivity index (χ3v) is 6.41. The molecule has 2 rings (SSSR count). The normalized spacial score (nSPS) is 13.7. The Morgan fingerprint density at radius 1 is 1.24 bits per heavy atom. The predicted molar refractivity (Wildman–Crippen MR) is 89.3 cm³/mol. The van der Waals surface area contributed by atoms with Crippen molar-refractivity contribution in [2.24, 2.45) is 0 Å². The highest BCUT2D eigenvalue weighted by Crippen LogP contribution is 2.34. The van der Waals surface area contributed by atoms with E-state index in [1.807, 2.05) is 45.0 Å². The molecule has 0 radical (unpaired) electrons. The minimum Gasteiger partial charge on any atom is -0.312 e. The number of thiophene rings is 1. The summed E-state index contributed by atoms with van der Waals surface area (Å²) in [5.74, 6) is 0. The van der Waals surface area contributed by atoms with Crippen molar-refractivity contribution < 1.29 is 8.42 Å². The van der Waals surface area contributed by atoms with Crippen molar-refractivity contribution in [1.82, 2.24) is 10.0 Å².